The zero-order valence-corrected chi connectivity index (χ0v) is 32.6. The van der Waals surface area contributed by atoms with Crippen LogP contribution in [0.15, 0.2) is 18.2 Å². The first kappa shape index (κ1) is 47.8. The van der Waals surface area contributed by atoms with Gasteiger partial charge in [0.2, 0.25) is 5.91 Å². The molecule has 0 unspecified atom stereocenters. The predicted octanol–water partition coefficient (Wildman–Crippen LogP) is 0.735. The number of aromatic nitrogens is 3. The van der Waals surface area contributed by atoms with Gasteiger partial charge in [-0.2, -0.15) is 0 Å². The highest BCUT2D eigenvalue weighted by Crippen LogP contribution is 2.28. The largest absolute Gasteiger partial charge is 0.481 e. The minimum absolute atomic E-state index is 0.0207. The topological polar surface area (TPSA) is 348 Å². The maximum absolute atomic E-state index is 12.5. The Kier molecular flexibility index (Phi) is 22.3. The number of carbonyl (C=O) groups is 5. The number of carbonyl (C=O) groups excluding carboxylic acids is 2. The number of amides is 3. The Labute approximate surface area is 337 Å². The number of nitrogens with one attached hydrogen (secondary N) is 4. The van der Waals surface area contributed by atoms with Crippen LogP contribution < -0.4 is 21.3 Å². The molecule has 0 bridgehead atoms. The average Bonchev–Trinajstić information content (AvgIpc) is 3.49. The molecule has 2 rings (SSSR count). The summed E-state index contributed by atoms with van der Waals surface area (Å²) in [6.45, 7) is 2.20. The van der Waals surface area contributed by atoms with Crippen LogP contribution in [0.2, 0.25) is 0 Å². The van der Waals surface area contributed by atoms with Crippen molar-refractivity contribution in [3.8, 4) is 0 Å². The first-order chi connectivity index (χ1) is 27.2. The molecule has 2 atom stereocenters. The van der Waals surface area contributed by atoms with Gasteiger partial charge in [-0.15, -0.1) is 5.10 Å². The molecule has 3 amide bonds. The van der Waals surface area contributed by atoms with Crippen molar-refractivity contribution < 1.29 is 68.1 Å². The number of nitro groups is 2. The van der Waals surface area contributed by atoms with Crippen molar-refractivity contribution in [2.75, 3.05) is 64.7 Å². The molecule has 0 saturated heterocycles. The van der Waals surface area contributed by atoms with Crippen molar-refractivity contribution in [2.45, 2.75) is 57.3 Å². The van der Waals surface area contributed by atoms with Crippen molar-refractivity contribution in [3.05, 3.63) is 47.8 Å². The third kappa shape index (κ3) is 19.4. The van der Waals surface area contributed by atoms with E-state index in [1.165, 1.54) is 16.8 Å². The Morgan fingerprint density at radius 1 is 0.807 bits per heavy atom. The van der Waals surface area contributed by atoms with Crippen LogP contribution in [0.3, 0.4) is 0 Å². The summed E-state index contributed by atoms with van der Waals surface area (Å²) in [5, 5.41) is 67.0. The summed E-state index contributed by atoms with van der Waals surface area (Å²) in [6, 6.07) is -0.609. The van der Waals surface area contributed by atoms with Gasteiger partial charge < -0.3 is 55.5 Å². The zero-order valence-electron chi connectivity index (χ0n) is 30.5. The lowest BCUT2D eigenvalue weighted by Gasteiger charge is -2.18. The standard InChI is InChI=1S/C31H44IN9O16/c32-28-25(19-57-16-15-56-14-13-55-12-11-54-10-9-33-21-5-4-20(40(50)51)17-24(21)41(52)53)39(38-37-28)18-26(42)34-8-2-1-3-22(29(45)46)35-31(49)36-23(30(47)48)6-7-27(43)44/h4-5,17,22-23,33H,1-3,6-16,18-19H2,(H,34,42)(H,43,44)(H,45,46)(H,47,48)(H2,35,36,49)/t22-,23-/m0/s1. The summed E-state index contributed by atoms with van der Waals surface area (Å²) in [5.41, 5.74) is -0.0825. The number of carboxylic acid groups (broad SMARTS) is 3. The highest BCUT2D eigenvalue weighted by Gasteiger charge is 2.25. The number of non-ortho nitro benzene ring substituents is 1. The smallest absolute Gasteiger partial charge is 0.326 e. The molecule has 2 aromatic rings. The highest BCUT2D eigenvalue weighted by atomic mass is 127. The highest BCUT2D eigenvalue weighted by molar-refractivity contribution is 14.1. The van der Waals surface area contributed by atoms with Gasteiger partial charge >= 0.3 is 23.9 Å². The number of unbranched alkanes of at least 4 members (excludes halogenated alkanes) is 1. The Bertz CT molecular complexity index is 1660. The number of ether oxygens (including phenoxy) is 4. The SMILES string of the molecule is O=C(O)CC[C@H](NC(=O)N[C@@H](CCCCNC(=O)Cn1nnc(I)c1COCCOCCOCCOCCNc1ccc([N+](=O)[O-])cc1[N+](=O)[O-])C(=O)O)C(=O)O. The van der Waals surface area contributed by atoms with E-state index in [9.17, 15) is 49.3 Å². The van der Waals surface area contributed by atoms with Gasteiger partial charge in [-0.3, -0.25) is 29.8 Å². The third-order valence-electron chi connectivity index (χ3n) is 7.48. The molecule has 0 aliphatic carbocycles. The molecule has 0 radical (unpaired) electrons. The molecular weight excluding hydrogens is 881 g/mol. The van der Waals surface area contributed by atoms with Gasteiger partial charge in [0.1, 0.15) is 28.0 Å². The molecule has 0 saturated carbocycles. The van der Waals surface area contributed by atoms with E-state index in [4.69, 9.17) is 29.2 Å². The lowest BCUT2D eigenvalue weighted by molar-refractivity contribution is -0.393. The van der Waals surface area contributed by atoms with Crippen molar-refractivity contribution in [1.29, 1.82) is 0 Å². The fourth-order valence-electron chi connectivity index (χ4n) is 4.63. The number of anilines is 1. The van der Waals surface area contributed by atoms with Crippen LogP contribution >= 0.6 is 22.6 Å². The second kappa shape index (κ2) is 26.5. The summed E-state index contributed by atoms with van der Waals surface area (Å²) in [4.78, 5) is 78.8. The minimum Gasteiger partial charge on any atom is -0.481 e. The molecule has 7 N–H and O–H groups in total. The van der Waals surface area contributed by atoms with E-state index in [2.05, 4.69) is 31.6 Å². The Hall–Kier alpha value is -5.32. The number of hydrogen-bond donors (Lipinski definition) is 7. The number of aliphatic carboxylic acids is 3. The quantitative estimate of drug-likeness (QED) is 0.0237. The fourth-order valence-corrected chi connectivity index (χ4v) is 5.16. The van der Waals surface area contributed by atoms with Gasteiger partial charge in [-0.05, 0) is 54.3 Å². The molecule has 0 aliphatic heterocycles. The maximum Gasteiger partial charge on any atom is 0.326 e. The van der Waals surface area contributed by atoms with Crippen LogP contribution in [0.4, 0.5) is 21.9 Å². The van der Waals surface area contributed by atoms with Crippen LogP contribution in [-0.2, 0) is 51.3 Å². The van der Waals surface area contributed by atoms with Crippen LogP contribution in [0.5, 0.6) is 0 Å². The Morgan fingerprint density at radius 2 is 1.40 bits per heavy atom. The van der Waals surface area contributed by atoms with E-state index in [0.717, 1.165) is 6.07 Å². The van der Waals surface area contributed by atoms with Crippen molar-refractivity contribution in [3.63, 3.8) is 0 Å². The van der Waals surface area contributed by atoms with E-state index in [0.29, 0.717) is 22.4 Å². The number of rotatable bonds is 31. The molecule has 316 valence electrons. The van der Waals surface area contributed by atoms with Crippen LogP contribution in [0.1, 0.15) is 37.8 Å². The second-order valence-corrected chi connectivity index (χ2v) is 12.7. The summed E-state index contributed by atoms with van der Waals surface area (Å²) in [7, 11) is 0. The number of urea groups is 1. The summed E-state index contributed by atoms with van der Waals surface area (Å²) < 4.78 is 23.9. The molecule has 1 aromatic carbocycles. The number of nitro benzene ring substituents is 2. The summed E-state index contributed by atoms with van der Waals surface area (Å²) >= 11 is 1.96. The van der Waals surface area contributed by atoms with Gasteiger partial charge in [0.25, 0.3) is 11.4 Å². The van der Waals surface area contributed by atoms with Gasteiger partial charge in [-0.25, -0.2) is 19.1 Å². The number of halogens is 1. The van der Waals surface area contributed by atoms with Gasteiger partial charge in [-0.1, -0.05) is 5.21 Å². The maximum atomic E-state index is 12.5. The van der Waals surface area contributed by atoms with Crippen molar-refractivity contribution >= 4 is 69.5 Å². The normalized spacial score (nSPS) is 11.9. The average molecular weight is 926 g/mol. The van der Waals surface area contributed by atoms with Crippen LogP contribution in [0.25, 0.3) is 0 Å². The number of hydrogen-bond acceptors (Lipinski definition) is 16. The zero-order chi connectivity index (χ0) is 42.2. The van der Waals surface area contributed by atoms with Crippen LogP contribution in [-0.4, -0.2) is 141 Å². The fraction of sp³-hybridized carbons (Fsp3) is 0.581. The van der Waals surface area contributed by atoms with E-state index in [1.807, 2.05) is 22.6 Å². The number of nitrogens with zero attached hydrogens (tertiary/aromatic N) is 5. The molecule has 1 heterocycles. The van der Waals surface area contributed by atoms with Crippen molar-refractivity contribution in [2.24, 2.45) is 0 Å². The summed E-state index contributed by atoms with van der Waals surface area (Å²) in [6.07, 6.45) is -0.268. The van der Waals surface area contributed by atoms with Crippen LogP contribution in [0, 0.1) is 23.9 Å². The van der Waals surface area contributed by atoms with Gasteiger partial charge in [0.15, 0.2) is 0 Å². The molecular formula is C31H44IN9O16. The Morgan fingerprint density at radius 3 is 1.98 bits per heavy atom. The second-order valence-electron chi connectivity index (χ2n) is 11.7. The molecule has 26 heteroatoms. The third-order valence-corrected chi connectivity index (χ3v) is 8.32. The number of benzene rings is 1. The summed E-state index contributed by atoms with van der Waals surface area (Å²) in [5.74, 6) is -4.45. The van der Waals surface area contributed by atoms with E-state index in [-0.39, 0.29) is 102 Å². The Balaban J connectivity index is 1.55. The molecule has 0 spiro atoms. The molecule has 25 nitrogen and oxygen atoms in total. The van der Waals surface area contributed by atoms with Gasteiger partial charge in [0.05, 0.1) is 74.5 Å². The van der Waals surface area contributed by atoms with Gasteiger partial charge in [0, 0.05) is 25.6 Å². The molecule has 1 aromatic heterocycles. The molecule has 57 heavy (non-hydrogen) atoms. The minimum atomic E-state index is -1.52. The van der Waals surface area contributed by atoms with E-state index in [1.54, 1.807) is 0 Å². The molecule has 0 aliphatic rings. The predicted molar refractivity (Wildman–Crippen MR) is 201 cm³/mol. The lowest BCUT2D eigenvalue weighted by Crippen LogP contribution is -2.51. The first-order valence-corrected chi connectivity index (χ1v) is 18.3. The van der Waals surface area contributed by atoms with Crippen molar-refractivity contribution in [1.82, 2.24) is 30.9 Å². The monoisotopic (exact) mass is 925 g/mol. The molecule has 0 fully saturated rings. The number of carboxylic acids is 3. The first-order valence-electron chi connectivity index (χ1n) is 17.3. The van der Waals surface area contributed by atoms with E-state index >= 15 is 0 Å². The lowest BCUT2D eigenvalue weighted by atomic mass is 10.1. The van der Waals surface area contributed by atoms with E-state index < -0.39 is 58.0 Å².